The molecule has 0 unspecified atom stereocenters. The number of nitrogens with zero attached hydrogens (tertiary/aromatic N) is 2. The van der Waals surface area contributed by atoms with E-state index in [1.165, 1.54) is 12.1 Å². The van der Waals surface area contributed by atoms with Crippen LogP contribution in [0.15, 0.2) is 24.5 Å². The third kappa shape index (κ3) is 10.6. The Morgan fingerprint density at radius 1 is 1.13 bits per heavy atom. The third-order valence-electron chi connectivity index (χ3n) is 1.01. The van der Waals surface area contributed by atoms with Crippen LogP contribution in [-0.2, 0) is 0 Å². The first-order chi connectivity index (χ1) is 4.70. The minimum absolute atomic E-state index is 0. The summed E-state index contributed by atoms with van der Waals surface area (Å²) in [5.41, 5.74) is 0.0344. The van der Waals surface area contributed by atoms with Gasteiger partial charge in [-0.3, -0.25) is 0 Å². The van der Waals surface area contributed by atoms with Crippen molar-refractivity contribution in [2.24, 2.45) is 0 Å². The number of aromatic nitrogens is 1. The first-order valence-electron chi connectivity index (χ1n) is 2.55. The van der Waals surface area contributed by atoms with Gasteiger partial charge in [0.05, 0.1) is 17.0 Å². The summed E-state index contributed by atoms with van der Waals surface area (Å²) in [6.45, 7) is 0. The topological polar surface area (TPSA) is 67.2 Å². The van der Waals surface area contributed by atoms with Gasteiger partial charge >= 0.3 is 30.1 Å². The summed E-state index contributed by atoms with van der Waals surface area (Å²) < 4.78 is 0.521. The maximum absolute atomic E-state index is 10.4. The zero-order chi connectivity index (χ0) is 7.56. The molecule has 1 heterocycles. The van der Waals surface area contributed by atoms with Gasteiger partial charge < -0.3 is 54.8 Å². The molecule has 0 saturated heterocycles. The van der Waals surface area contributed by atoms with Crippen LogP contribution in [0.2, 0.25) is 0 Å². The molecular weight excluding hydrogens is 400 g/mol. The van der Waals surface area contributed by atoms with E-state index in [1.807, 2.05) is 0 Å². The average Bonchev–Trinajstić information content (AvgIpc) is 1.88. The molecular formula is C5H5Cl4N2O3Sb+2. The zero-order valence-electron chi connectivity index (χ0n) is 6.93. The van der Waals surface area contributed by atoms with Crippen molar-refractivity contribution in [2.45, 2.75) is 0 Å². The van der Waals surface area contributed by atoms with E-state index in [0.29, 0.717) is 4.73 Å². The summed E-state index contributed by atoms with van der Waals surface area (Å²) >= 11 is 0. The Kier molecular flexibility index (Phi) is 28.2. The summed E-state index contributed by atoms with van der Waals surface area (Å²) in [4.78, 5) is 9.81. The summed E-state index contributed by atoms with van der Waals surface area (Å²) in [6.07, 6.45) is 2.24. The van der Waals surface area contributed by atoms with Gasteiger partial charge in [-0.05, 0) is 0 Å². The quantitative estimate of drug-likeness (QED) is 0.219. The molecule has 0 aliphatic rings. The Morgan fingerprint density at radius 3 is 1.73 bits per heavy atom. The monoisotopic (exact) mass is 402 g/mol. The maximum Gasteiger partial charge on any atom is 5.00 e. The van der Waals surface area contributed by atoms with Gasteiger partial charge in [0, 0.05) is 0 Å². The number of hydrogen-bond acceptors (Lipinski definition) is 2. The normalized spacial score (nSPS) is 6.13. The van der Waals surface area contributed by atoms with Crippen molar-refractivity contribution in [1.82, 2.24) is 0 Å². The molecule has 5 nitrogen and oxygen atoms in total. The fourth-order valence-electron chi connectivity index (χ4n) is 0.532. The molecule has 0 spiro atoms. The average molecular weight is 405 g/mol. The van der Waals surface area contributed by atoms with E-state index < -0.39 is 0 Å². The van der Waals surface area contributed by atoms with E-state index in [2.05, 4.69) is 0 Å². The van der Waals surface area contributed by atoms with Crippen LogP contribution >= 0.6 is 0 Å². The second-order valence-corrected chi connectivity index (χ2v) is 1.69. The van der Waals surface area contributed by atoms with Crippen LogP contribution in [0, 0.1) is 10.1 Å². The molecule has 10 heteroatoms. The Labute approximate surface area is 128 Å². The predicted octanol–water partition coefficient (Wildman–Crippen LogP) is -12.2. The predicted molar refractivity (Wildman–Crippen MR) is 36.2 cm³/mol. The second-order valence-electron chi connectivity index (χ2n) is 1.69. The van der Waals surface area contributed by atoms with Gasteiger partial charge in [0.2, 0.25) is 0 Å². The van der Waals surface area contributed by atoms with Crippen molar-refractivity contribution in [3.8, 4) is 0 Å². The number of pyridine rings is 1. The fourth-order valence-corrected chi connectivity index (χ4v) is 0.532. The van der Waals surface area contributed by atoms with Crippen molar-refractivity contribution in [3.05, 3.63) is 34.6 Å². The molecule has 0 radical (unpaired) electrons. The molecule has 0 fully saturated rings. The van der Waals surface area contributed by atoms with E-state index in [-0.39, 0.29) is 84.7 Å². The molecule has 0 atom stereocenters. The molecule has 0 aliphatic heterocycles. The molecule has 1 rings (SSSR count). The van der Waals surface area contributed by atoms with Gasteiger partial charge in [0.1, 0.15) is 0 Å². The number of hydrogen-bond donors (Lipinski definition) is 1. The van der Waals surface area contributed by atoms with Crippen LogP contribution in [-0.4, -0.2) is 34.6 Å². The molecule has 0 aromatic carbocycles. The van der Waals surface area contributed by atoms with Crippen molar-refractivity contribution < 1.29 is 64.5 Å². The van der Waals surface area contributed by atoms with Gasteiger partial charge in [0.15, 0.2) is 12.4 Å². The van der Waals surface area contributed by atoms with Crippen molar-refractivity contribution in [3.63, 3.8) is 0 Å². The second kappa shape index (κ2) is 14.3. The van der Waals surface area contributed by atoms with Crippen LogP contribution in [0.25, 0.3) is 0 Å². The van der Waals surface area contributed by atoms with Crippen LogP contribution in [0.1, 0.15) is 0 Å². The molecule has 1 aromatic heterocycles. The van der Waals surface area contributed by atoms with Crippen LogP contribution in [0.5, 0.6) is 0 Å². The summed E-state index contributed by atoms with van der Waals surface area (Å²) in [7, 11) is 0. The first-order valence-corrected chi connectivity index (χ1v) is 2.55. The molecule has 0 bridgehead atoms. The molecule has 15 heavy (non-hydrogen) atoms. The molecule has 0 amide bonds. The largest absolute Gasteiger partial charge is 5.00 e. The standard InChI is InChI=1S/C5H5N2O3.4ClH.Sb/c8-6-3-1-5(2-4-6)7(9)10;;;;;/h1-4H,(H,9,10);4*1H;/q+1;;;;;+5/p-4. The Balaban J connectivity index is -0.0000000667. The SMILES string of the molecule is O=[N+](O)c1cc[n+]([O-])cc1.[Cl-].[Cl-].[Cl-].[Cl-].[Sb+5]. The van der Waals surface area contributed by atoms with E-state index in [1.54, 1.807) is 0 Å². The molecule has 1 aromatic rings. The van der Waals surface area contributed by atoms with Crippen molar-refractivity contribution >= 4 is 30.1 Å². The van der Waals surface area contributed by atoms with E-state index >= 15 is 0 Å². The number of halogens is 4. The van der Waals surface area contributed by atoms with Crippen LogP contribution < -0.4 is 54.4 Å². The summed E-state index contributed by atoms with van der Waals surface area (Å²) in [5, 5.41) is 18.6. The maximum atomic E-state index is 10.4. The van der Waals surface area contributed by atoms with E-state index in [4.69, 9.17) is 5.21 Å². The summed E-state index contributed by atoms with van der Waals surface area (Å²) in [6, 6.07) is 2.42. The van der Waals surface area contributed by atoms with Gasteiger partial charge in [0.25, 0.3) is 4.92 Å². The van der Waals surface area contributed by atoms with E-state index in [9.17, 15) is 10.1 Å². The summed E-state index contributed by atoms with van der Waals surface area (Å²) in [5.74, 6) is 0. The number of rotatable bonds is 1. The minimum atomic E-state index is -0.306. The van der Waals surface area contributed by atoms with Gasteiger partial charge in [-0.2, -0.15) is 4.73 Å². The van der Waals surface area contributed by atoms with Crippen LogP contribution in [0.3, 0.4) is 0 Å². The Morgan fingerprint density at radius 2 is 1.47 bits per heavy atom. The van der Waals surface area contributed by atoms with Gasteiger partial charge in [-0.25, -0.2) is 5.21 Å². The molecule has 84 valence electrons. The fraction of sp³-hybridized carbons (Fsp3) is 0. The van der Waals surface area contributed by atoms with Crippen LogP contribution in [0.4, 0.5) is 5.69 Å². The van der Waals surface area contributed by atoms with Crippen molar-refractivity contribution in [1.29, 1.82) is 0 Å². The van der Waals surface area contributed by atoms with Gasteiger partial charge in [-0.15, -0.1) is 0 Å². The smallest absolute Gasteiger partial charge is 1.00 e. The van der Waals surface area contributed by atoms with E-state index in [0.717, 1.165) is 12.4 Å². The molecule has 0 saturated carbocycles. The minimum Gasteiger partial charge on any atom is -1.00 e. The third-order valence-corrected chi connectivity index (χ3v) is 1.01. The first kappa shape index (κ1) is 29.5. The molecule has 1 N–H and O–H groups in total. The zero-order valence-corrected chi connectivity index (χ0v) is 12.5. The Hall–Kier alpha value is 0.328. The molecule has 0 aliphatic carbocycles. The van der Waals surface area contributed by atoms with Gasteiger partial charge in [-0.1, -0.05) is 0 Å². The Bertz CT molecular complexity index is 261. The van der Waals surface area contributed by atoms with Crippen molar-refractivity contribution in [2.75, 3.05) is 0 Å².